The Bertz CT molecular complexity index is 694. The lowest BCUT2D eigenvalue weighted by atomic mass is 10.3. The predicted octanol–water partition coefficient (Wildman–Crippen LogP) is 4.00. The van der Waals surface area contributed by atoms with E-state index < -0.39 is 0 Å². The normalized spacial score (nSPS) is 12.1. The van der Waals surface area contributed by atoms with E-state index in [4.69, 9.17) is 0 Å². The van der Waals surface area contributed by atoms with E-state index in [-0.39, 0.29) is 24.0 Å². The molecule has 0 radical (unpaired) electrons. The lowest BCUT2D eigenvalue weighted by Gasteiger charge is -2.16. The molecule has 7 heteroatoms. The number of aromatic nitrogens is 1. The fourth-order valence-electron chi connectivity index (χ4n) is 2.32. The summed E-state index contributed by atoms with van der Waals surface area (Å²) in [4.78, 5) is 12.6. The molecule has 1 heterocycles. The Balaban J connectivity index is 0.00000364. The summed E-state index contributed by atoms with van der Waals surface area (Å²) in [7, 11) is 3.99. The van der Waals surface area contributed by atoms with Crippen LogP contribution in [-0.2, 0) is 6.54 Å². The maximum Gasteiger partial charge on any atom is 0.191 e. The summed E-state index contributed by atoms with van der Waals surface area (Å²) < 4.78 is 0. The summed E-state index contributed by atoms with van der Waals surface area (Å²) in [6.45, 7) is 6.52. The highest BCUT2D eigenvalue weighted by Gasteiger charge is 2.06. The fourth-order valence-corrected chi connectivity index (χ4v) is 3.26. The zero-order chi connectivity index (χ0) is 18.8. The molecule has 1 unspecified atom stereocenters. The van der Waals surface area contributed by atoms with Gasteiger partial charge >= 0.3 is 0 Å². The van der Waals surface area contributed by atoms with Crippen LogP contribution >= 0.6 is 35.7 Å². The zero-order valence-corrected chi connectivity index (χ0v) is 19.6. The minimum atomic E-state index is 0. The van der Waals surface area contributed by atoms with Crippen LogP contribution in [0, 0.1) is 0 Å². The first-order chi connectivity index (χ1) is 12.6. The van der Waals surface area contributed by atoms with Crippen molar-refractivity contribution in [1.29, 1.82) is 0 Å². The van der Waals surface area contributed by atoms with E-state index in [0.29, 0.717) is 11.8 Å². The fraction of sp³-hybridized carbons (Fsp3) is 0.400. The van der Waals surface area contributed by atoms with E-state index in [1.807, 2.05) is 55.0 Å². The summed E-state index contributed by atoms with van der Waals surface area (Å²) in [6.07, 6.45) is 0. The Morgan fingerprint density at radius 1 is 1.11 bits per heavy atom. The van der Waals surface area contributed by atoms with Gasteiger partial charge in [0.2, 0.25) is 0 Å². The zero-order valence-electron chi connectivity index (χ0n) is 16.5. The number of aliphatic imine (C=N–C) groups is 1. The second kappa shape index (κ2) is 12.8. The molecule has 2 N–H and O–H groups in total. The summed E-state index contributed by atoms with van der Waals surface area (Å²) >= 11 is 1.86. The van der Waals surface area contributed by atoms with Crippen molar-refractivity contribution in [1.82, 2.24) is 15.6 Å². The molecule has 0 saturated heterocycles. The highest BCUT2D eigenvalue weighted by atomic mass is 127. The van der Waals surface area contributed by atoms with E-state index in [1.54, 1.807) is 0 Å². The van der Waals surface area contributed by atoms with Crippen molar-refractivity contribution < 1.29 is 0 Å². The van der Waals surface area contributed by atoms with E-state index in [1.165, 1.54) is 4.90 Å². The standard InChI is InChI=1S/C20H29N5S.HI/c1-5-21-20(22-14-16(2)26-18-11-7-6-8-12-18)23-15-17-10-9-13-19(24-17)25(3)4;/h6-13,16H,5,14-15H2,1-4H3,(H2,21,22,23);1H. The van der Waals surface area contributed by atoms with E-state index >= 15 is 0 Å². The smallest absolute Gasteiger partial charge is 0.191 e. The third-order valence-corrected chi connectivity index (χ3v) is 4.74. The Kier molecular flexibility index (Phi) is 11.2. The van der Waals surface area contributed by atoms with Crippen LogP contribution in [0.2, 0.25) is 0 Å². The molecule has 0 aliphatic heterocycles. The molecule has 2 aromatic rings. The molecule has 0 aliphatic carbocycles. The number of nitrogens with one attached hydrogen (secondary N) is 2. The van der Waals surface area contributed by atoms with Gasteiger partial charge in [0.1, 0.15) is 5.82 Å². The summed E-state index contributed by atoms with van der Waals surface area (Å²) in [5.41, 5.74) is 0.958. The quantitative estimate of drug-likeness (QED) is 0.249. The molecule has 2 rings (SSSR count). The van der Waals surface area contributed by atoms with Crippen molar-refractivity contribution in [3.05, 3.63) is 54.2 Å². The van der Waals surface area contributed by atoms with Crippen molar-refractivity contribution in [2.24, 2.45) is 4.99 Å². The third kappa shape index (κ3) is 8.83. The van der Waals surface area contributed by atoms with Gasteiger partial charge in [0.25, 0.3) is 0 Å². The molecule has 0 bridgehead atoms. The highest BCUT2D eigenvalue weighted by Crippen LogP contribution is 2.21. The van der Waals surface area contributed by atoms with Gasteiger partial charge in [-0.1, -0.05) is 31.2 Å². The summed E-state index contributed by atoms with van der Waals surface area (Å²) in [5, 5.41) is 7.17. The predicted molar refractivity (Wildman–Crippen MR) is 129 cm³/mol. The average Bonchev–Trinajstić information content (AvgIpc) is 2.65. The van der Waals surface area contributed by atoms with E-state index in [2.05, 4.69) is 58.7 Å². The maximum absolute atomic E-state index is 4.67. The van der Waals surface area contributed by atoms with Crippen molar-refractivity contribution in [2.45, 2.75) is 30.5 Å². The molecule has 1 atom stereocenters. The molecular weight excluding hydrogens is 469 g/mol. The van der Waals surface area contributed by atoms with Gasteiger partial charge in [-0.3, -0.25) is 0 Å². The second-order valence-electron chi connectivity index (χ2n) is 6.20. The molecule has 1 aromatic heterocycles. The number of nitrogens with zero attached hydrogens (tertiary/aromatic N) is 3. The number of benzene rings is 1. The van der Waals surface area contributed by atoms with Gasteiger partial charge < -0.3 is 15.5 Å². The number of guanidine groups is 1. The van der Waals surface area contributed by atoms with Crippen LogP contribution in [0.15, 0.2) is 58.4 Å². The van der Waals surface area contributed by atoms with Crippen molar-refractivity contribution in [3.63, 3.8) is 0 Å². The van der Waals surface area contributed by atoms with Crippen LogP contribution in [0.1, 0.15) is 19.5 Å². The number of rotatable bonds is 8. The van der Waals surface area contributed by atoms with Gasteiger partial charge in [-0.25, -0.2) is 9.98 Å². The first-order valence-corrected chi connectivity index (χ1v) is 9.83. The first-order valence-electron chi connectivity index (χ1n) is 8.95. The van der Waals surface area contributed by atoms with Gasteiger partial charge in [0.05, 0.1) is 12.2 Å². The Morgan fingerprint density at radius 2 is 1.85 bits per heavy atom. The number of halogens is 1. The third-order valence-electron chi connectivity index (χ3n) is 3.63. The summed E-state index contributed by atoms with van der Waals surface area (Å²) in [6, 6.07) is 16.5. The van der Waals surface area contributed by atoms with Gasteiger partial charge in [-0.2, -0.15) is 0 Å². The molecule has 0 spiro atoms. The number of pyridine rings is 1. The maximum atomic E-state index is 4.67. The molecule has 27 heavy (non-hydrogen) atoms. The van der Waals surface area contributed by atoms with Crippen LogP contribution in [0.3, 0.4) is 0 Å². The Morgan fingerprint density at radius 3 is 2.52 bits per heavy atom. The minimum Gasteiger partial charge on any atom is -0.363 e. The van der Waals surface area contributed by atoms with Gasteiger partial charge in [-0.05, 0) is 31.2 Å². The Hall–Kier alpha value is -1.48. The number of anilines is 1. The van der Waals surface area contributed by atoms with Crippen molar-refractivity contribution >= 4 is 47.5 Å². The first kappa shape index (κ1) is 23.6. The lowest BCUT2D eigenvalue weighted by Crippen LogP contribution is -2.40. The molecule has 0 fully saturated rings. The molecule has 1 aromatic carbocycles. The van der Waals surface area contributed by atoms with E-state index in [0.717, 1.165) is 30.6 Å². The summed E-state index contributed by atoms with van der Waals surface area (Å²) in [5.74, 6) is 1.77. The number of hydrogen-bond donors (Lipinski definition) is 2. The topological polar surface area (TPSA) is 52.6 Å². The van der Waals surface area contributed by atoms with Crippen molar-refractivity contribution in [3.8, 4) is 0 Å². The number of hydrogen-bond acceptors (Lipinski definition) is 4. The average molecular weight is 499 g/mol. The van der Waals surface area contributed by atoms with Gasteiger partial charge in [0.15, 0.2) is 5.96 Å². The van der Waals surface area contributed by atoms with Gasteiger partial charge in [-0.15, -0.1) is 35.7 Å². The van der Waals surface area contributed by atoms with Crippen LogP contribution in [0.4, 0.5) is 5.82 Å². The molecule has 0 aliphatic rings. The van der Waals surface area contributed by atoms with Crippen LogP contribution < -0.4 is 15.5 Å². The molecular formula is C20H30IN5S. The minimum absolute atomic E-state index is 0. The number of thioether (sulfide) groups is 1. The van der Waals surface area contributed by atoms with Crippen molar-refractivity contribution in [2.75, 3.05) is 32.1 Å². The largest absolute Gasteiger partial charge is 0.363 e. The van der Waals surface area contributed by atoms with Gasteiger partial charge in [0, 0.05) is 37.3 Å². The molecule has 5 nitrogen and oxygen atoms in total. The molecule has 0 amide bonds. The molecule has 0 saturated carbocycles. The lowest BCUT2D eigenvalue weighted by molar-refractivity contribution is 0.792. The van der Waals surface area contributed by atoms with E-state index in [9.17, 15) is 0 Å². The monoisotopic (exact) mass is 499 g/mol. The Labute approximate surface area is 184 Å². The van der Waals surface area contributed by atoms with Crippen LogP contribution in [0.5, 0.6) is 0 Å². The van der Waals surface area contributed by atoms with Crippen LogP contribution in [0.25, 0.3) is 0 Å². The SMILES string of the molecule is CCNC(=NCc1cccc(N(C)C)n1)NCC(C)Sc1ccccc1.I. The second-order valence-corrected chi connectivity index (χ2v) is 7.71. The molecule has 148 valence electrons. The van der Waals surface area contributed by atoms with Crippen LogP contribution in [-0.4, -0.2) is 43.4 Å². The highest BCUT2D eigenvalue weighted by molar-refractivity contribution is 14.0.